The molecule has 0 spiro atoms. The number of aromatic nitrogens is 2. The van der Waals surface area contributed by atoms with Gasteiger partial charge in [0.25, 0.3) is 5.91 Å². The molecule has 0 saturated heterocycles. The second-order valence-corrected chi connectivity index (χ2v) is 6.56. The van der Waals surface area contributed by atoms with Crippen molar-refractivity contribution in [2.75, 3.05) is 0 Å². The summed E-state index contributed by atoms with van der Waals surface area (Å²) in [5.74, 6) is 0.245. The Hall–Kier alpha value is -3.81. The van der Waals surface area contributed by atoms with Crippen LogP contribution in [-0.2, 0) is 23.1 Å². The molecular formula is C21H19N3O5. The van der Waals surface area contributed by atoms with Gasteiger partial charge in [-0.1, -0.05) is 0 Å². The summed E-state index contributed by atoms with van der Waals surface area (Å²) < 4.78 is 18.1. The molecule has 29 heavy (non-hydrogen) atoms. The number of fused-ring (bicyclic) bond motifs is 1. The molecule has 0 aromatic carbocycles. The van der Waals surface area contributed by atoms with E-state index in [-0.39, 0.29) is 12.2 Å². The number of amides is 1. The van der Waals surface area contributed by atoms with Crippen LogP contribution in [0.15, 0.2) is 63.9 Å². The fourth-order valence-corrected chi connectivity index (χ4v) is 3.09. The average molecular weight is 393 g/mol. The fraction of sp³-hybridized carbons (Fsp3) is 0.190. The Labute approximate surface area is 166 Å². The van der Waals surface area contributed by atoms with E-state index >= 15 is 0 Å². The van der Waals surface area contributed by atoms with E-state index in [4.69, 9.17) is 13.6 Å². The van der Waals surface area contributed by atoms with E-state index in [1.54, 1.807) is 41.9 Å². The number of nitrogens with zero attached hydrogens (tertiary/aromatic N) is 2. The highest BCUT2D eigenvalue weighted by molar-refractivity contribution is 5.96. The van der Waals surface area contributed by atoms with Gasteiger partial charge in [0.15, 0.2) is 5.58 Å². The maximum atomic E-state index is 12.8. The molecule has 1 unspecified atom stereocenters. The number of esters is 1. The predicted molar refractivity (Wildman–Crippen MR) is 103 cm³/mol. The number of furan rings is 2. The van der Waals surface area contributed by atoms with Crippen molar-refractivity contribution in [1.82, 2.24) is 14.9 Å². The summed E-state index contributed by atoms with van der Waals surface area (Å²) in [4.78, 5) is 29.6. The Kier molecular flexibility index (Phi) is 4.90. The number of carbonyl (C=O) groups excluding carboxylic acids is 2. The van der Waals surface area contributed by atoms with Gasteiger partial charge in [-0.3, -0.25) is 9.78 Å². The summed E-state index contributed by atoms with van der Waals surface area (Å²) in [5, 5.41) is 2.73. The largest absolute Gasteiger partial charge is 0.467 e. The first kappa shape index (κ1) is 18.5. The number of rotatable bonds is 6. The summed E-state index contributed by atoms with van der Waals surface area (Å²) in [6.07, 6.45) is 3.46. The second-order valence-electron chi connectivity index (χ2n) is 6.56. The summed E-state index contributed by atoms with van der Waals surface area (Å²) in [6, 6.07) is 10.2. The first-order valence-corrected chi connectivity index (χ1v) is 9.00. The minimum absolute atomic E-state index is 0.182. The number of hydrogen-bond acceptors (Lipinski definition) is 6. The van der Waals surface area contributed by atoms with Crippen molar-refractivity contribution in [3.8, 4) is 0 Å². The van der Waals surface area contributed by atoms with E-state index < -0.39 is 18.0 Å². The third kappa shape index (κ3) is 3.77. The lowest BCUT2D eigenvalue weighted by Crippen LogP contribution is -2.32. The molecule has 1 amide bonds. The number of aryl methyl sites for hydroxylation is 2. The Balaban J connectivity index is 1.57. The van der Waals surface area contributed by atoms with Crippen LogP contribution < -0.4 is 5.32 Å². The zero-order chi connectivity index (χ0) is 20.4. The van der Waals surface area contributed by atoms with Gasteiger partial charge in [-0.25, -0.2) is 4.79 Å². The van der Waals surface area contributed by atoms with Gasteiger partial charge < -0.3 is 23.5 Å². The normalized spacial score (nSPS) is 12.1. The van der Waals surface area contributed by atoms with Gasteiger partial charge in [-0.2, -0.15) is 0 Å². The topological polar surface area (TPSA) is 99.5 Å². The molecular weight excluding hydrogens is 374 g/mol. The molecule has 8 nitrogen and oxygen atoms in total. The Morgan fingerprint density at radius 1 is 1.24 bits per heavy atom. The van der Waals surface area contributed by atoms with Gasteiger partial charge in [0, 0.05) is 37.1 Å². The standard InChI is InChI=1S/C21H19N3O5/c1-13-10-16-18(28-13)11-17(24(16)2)21(26)29-19(14-5-7-22-8-6-14)20(25)23-12-15-4-3-9-27-15/h3-11,19H,12H2,1-2H3,(H,23,25). The highest BCUT2D eigenvalue weighted by Crippen LogP contribution is 2.25. The van der Waals surface area contributed by atoms with Gasteiger partial charge in [0.1, 0.15) is 17.2 Å². The maximum absolute atomic E-state index is 12.8. The van der Waals surface area contributed by atoms with Crippen molar-refractivity contribution in [3.05, 3.63) is 77.8 Å². The molecule has 4 aromatic rings. The number of pyridine rings is 1. The van der Waals surface area contributed by atoms with Gasteiger partial charge >= 0.3 is 5.97 Å². The van der Waals surface area contributed by atoms with E-state index in [0.29, 0.717) is 16.9 Å². The van der Waals surface area contributed by atoms with Crippen LogP contribution in [0.5, 0.6) is 0 Å². The first-order valence-electron chi connectivity index (χ1n) is 9.00. The van der Waals surface area contributed by atoms with Gasteiger partial charge in [0.2, 0.25) is 6.10 Å². The predicted octanol–water partition coefficient (Wildman–Crippen LogP) is 3.28. The van der Waals surface area contributed by atoms with Crippen LogP contribution in [0.25, 0.3) is 11.1 Å². The number of nitrogens with one attached hydrogen (secondary N) is 1. The van der Waals surface area contributed by atoms with Crippen molar-refractivity contribution in [3.63, 3.8) is 0 Å². The molecule has 0 fully saturated rings. The molecule has 1 N–H and O–H groups in total. The summed E-state index contributed by atoms with van der Waals surface area (Å²) in [7, 11) is 1.74. The molecule has 8 heteroatoms. The lowest BCUT2D eigenvalue weighted by Gasteiger charge is -2.18. The van der Waals surface area contributed by atoms with Crippen molar-refractivity contribution >= 4 is 23.0 Å². The number of carbonyl (C=O) groups is 2. The maximum Gasteiger partial charge on any atom is 0.356 e. The minimum Gasteiger partial charge on any atom is -0.467 e. The molecule has 0 aliphatic carbocycles. The first-order chi connectivity index (χ1) is 14.0. The van der Waals surface area contributed by atoms with Gasteiger partial charge in [-0.15, -0.1) is 0 Å². The van der Waals surface area contributed by atoms with Crippen LogP contribution in [-0.4, -0.2) is 21.4 Å². The molecule has 4 heterocycles. The lowest BCUT2D eigenvalue weighted by molar-refractivity contribution is -0.130. The zero-order valence-corrected chi connectivity index (χ0v) is 15.9. The molecule has 4 rings (SSSR count). The molecule has 4 aromatic heterocycles. The monoisotopic (exact) mass is 393 g/mol. The van der Waals surface area contributed by atoms with E-state index in [1.807, 2.05) is 13.0 Å². The Morgan fingerprint density at radius 3 is 2.72 bits per heavy atom. The van der Waals surface area contributed by atoms with Crippen molar-refractivity contribution in [2.24, 2.45) is 7.05 Å². The van der Waals surface area contributed by atoms with Crippen LogP contribution in [0.1, 0.15) is 33.7 Å². The third-order valence-electron chi connectivity index (χ3n) is 4.55. The smallest absolute Gasteiger partial charge is 0.356 e. The quantitative estimate of drug-likeness (QED) is 0.505. The lowest BCUT2D eigenvalue weighted by atomic mass is 10.1. The SMILES string of the molecule is Cc1cc2c(cc(C(=O)OC(C(=O)NCc3ccco3)c3ccncc3)n2C)o1. The van der Waals surface area contributed by atoms with Crippen LogP contribution in [0.4, 0.5) is 0 Å². The van der Waals surface area contributed by atoms with E-state index in [9.17, 15) is 9.59 Å². The van der Waals surface area contributed by atoms with Crippen LogP contribution in [0.3, 0.4) is 0 Å². The van der Waals surface area contributed by atoms with Gasteiger partial charge in [-0.05, 0) is 31.2 Å². The second kappa shape index (κ2) is 7.67. The molecule has 148 valence electrons. The van der Waals surface area contributed by atoms with E-state index in [1.165, 1.54) is 18.7 Å². The molecule has 0 aliphatic rings. The van der Waals surface area contributed by atoms with Crippen LogP contribution in [0.2, 0.25) is 0 Å². The molecule has 0 radical (unpaired) electrons. The summed E-state index contributed by atoms with van der Waals surface area (Å²) in [5.41, 5.74) is 2.16. The van der Waals surface area contributed by atoms with E-state index in [0.717, 1.165) is 11.3 Å². The molecule has 0 bridgehead atoms. The highest BCUT2D eigenvalue weighted by Gasteiger charge is 2.27. The highest BCUT2D eigenvalue weighted by atomic mass is 16.5. The molecule has 1 atom stereocenters. The number of ether oxygens (including phenoxy) is 1. The Bertz CT molecular complexity index is 1140. The zero-order valence-electron chi connectivity index (χ0n) is 15.9. The van der Waals surface area contributed by atoms with Crippen molar-refractivity contribution in [2.45, 2.75) is 19.6 Å². The van der Waals surface area contributed by atoms with Crippen molar-refractivity contribution in [1.29, 1.82) is 0 Å². The van der Waals surface area contributed by atoms with Gasteiger partial charge in [0.05, 0.1) is 18.3 Å². The fourth-order valence-electron chi connectivity index (χ4n) is 3.09. The van der Waals surface area contributed by atoms with Crippen molar-refractivity contribution < 1.29 is 23.2 Å². The summed E-state index contributed by atoms with van der Waals surface area (Å²) in [6.45, 7) is 2.02. The molecule has 0 aliphatic heterocycles. The minimum atomic E-state index is -1.14. The Morgan fingerprint density at radius 2 is 2.03 bits per heavy atom. The van der Waals surface area contributed by atoms with Crippen LogP contribution in [0, 0.1) is 6.92 Å². The molecule has 0 saturated carbocycles. The average Bonchev–Trinajstić information content (AvgIpc) is 3.43. The third-order valence-corrected chi connectivity index (χ3v) is 4.55. The van der Waals surface area contributed by atoms with Crippen LogP contribution >= 0.6 is 0 Å². The van der Waals surface area contributed by atoms with E-state index in [2.05, 4.69) is 10.3 Å². The number of hydrogen-bond donors (Lipinski definition) is 1. The summed E-state index contributed by atoms with van der Waals surface area (Å²) >= 11 is 0.